The molecule has 0 fully saturated rings. The van der Waals surface area contributed by atoms with Crippen LogP contribution in [0.3, 0.4) is 0 Å². The van der Waals surface area contributed by atoms with Crippen LogP contribution >= 0.6 is 0 Å². The number of methoxy groups -OCH3 is 1. The SMILES string of the molecule is COCO[C@@H]1C=C[C@@H](CO)C1. The van der Waals surface area contributed by atoms with Gasteiger partial charge >= 0.3 is 0 Å². The van der Waals surface area contributed by atoms with Crippen molar-refractivity contribution in [1.82, 2.24) is 0 Å². The second kappa shape index (κ2) is 4.49. The first-order valence-corrected chi connectivity index (χ1v) is 3.76. The molecule has 1 N–H and O–H groups in total. The molecule has 3 heteroatoms. The van der Waals surface area contributed by atoms with Gasteiger partial charge in [0.1, 0.15) is 6.79 Å². The van der Waals surface area contributed by atoms with Gasteiger partial charge in [0.2, 0.25) is 0 Å². The summed E-state index contributed by atoms with van der Waals surface area (Å²) in [5, 5.41) is 8.77. The number of aliphatic hydroxyl groups excluding tert-OH is 1. The topological polar surface area (TPSA) is 38.7 Å². The highest BCUT2D eigenvalue weighted by Crippen LogP contribution is 2.19. The second-order valence-electron chi connectivity index (χ2n) is 2.67. The third kappa shape index (κ3) is 2.61. The van der Waals surface area contributed by atoms with Crippen LogP contribution in [0.5, 0.6) is 0 Å². The average Bonchev–Trinajstić information content (AvgIpc) is 2.48. The summed E-state index contributed by atoms with van der Waals surface area (Å²) in [4.78, 5) is 0. The Kier molecular flexibility index (Phi) is 3.56. The third-order valence-electron chi connectivity index (χ3n) is 1.77. The monoisotopic (exact) mass is 158 g/mol. The van der Waals surface area contributed by atoms with Crippen molar-refractivity contribution in [3.63, 3.8) is 0 Å². The van der Waals surface area contributed by atoms with E-state index in [-0.39, 0.29) is 18.6 Å². The van der Waals surface area contributed by atoms with E-state index in [9.17, 15) is 0 Å². The van der Waals surface area contributed by atoms with Crippen molar-refractivity contribution in [3.05, 3.63) is 12.2 Å². The van der Waals surface area contributed by atoms with Crippen LogP contribution in [0.4, 0.5) is 0 Å². The van der Waals surface area contributed by atoms with Gasteiger partial charge < -0.3 is 14.6 Å². The van der Waals surface area contributed by atoms with E-state index in [1.165, 1.54) is 0 Å². The third-order valence-corrected chi connectivity index (χ3v) is 1.77. The molecule has 0 aromatic heterocycles. The second-order valence-corrected chi connectivity index (χ2v) is 2.67. The van der Waals surface area contributed by atoms with Gasteiger partial charge in [-0.05, 0) is 6.42 Å². The fourth-order valence-corrected chi connectivity index (χ4v) is 1.15. The van der Waals surface area contributed by atoms with Gasteiger partial charge in [0.15, 0.2) is 0 Å². The van der Waals surface area contributed by atoms with Crippen LogP contribution in [0.25, 0.3) is 0 Å². The summed E-state index contributed by atoms with van der Waals surface area (Å²) in [6, 6.07) is 0. The highest BCUT2D eigenvalue weighted by Gasteiger charge is 2.17. The van der Waals surface area contributed by atoms with E-state index in [1.807, 2.05) is 12.2 Å². The Hall–Kier alpha value is -0.380. The van der Waals surface area contributed by atoms with Crippen molar-refractivity contribution in [2.75, 3.05) is 20.5 Å². The summed E-state index contributed by atoms with van der Waals surface area (Å²) in [7, 11) is 1.60. The van der Waals surface area contributed by atoms with E-state index in [1.54, 1.807) is 7.11 Å². The van der Waals surface area contributed by atoms with Crippen LogP contribution in [0.2, 0.25) is 0 Å². The Balaban J connectivity index is 2.15. The van der Waals surface area contributed by atoms with Gasteiger partial charge in [-0.25, -0.2) is 0 Å². The number of ether oxygens (including phenoxy) is 2. The molecule has 1 rings (SSSR count). The Morgan fingerprint density at radius 1 is 1.55 bits per heavy atom. The lowest BCUT2D eigenvalue weighted by atomic mass is 10.1. The Morgan fingerprint density at radius 3 is 2.91 bits per heavy atom. The molecule has 0 unspecified atom stereocenters. The molecule has 64 valence electrons. The smallest absolute Gasteiger partial charge is 0.147 e. The molecular formula is C8H14O3. The number of hydrogen-bond acceptors (Lipinski definition) is 3. The molecule has 0 amide bonds. The summed E-state index contributed by atoms with van der Waals surface area (Å²) in [5.74, 6) is 0.275. The first-order chi connectivity index (χ1) is 5.36. The molecule has 2 atom stereocenters. The Morgan fingerprint density at radius 2 is 2.36 bits per heavy atom. The number of aliphatic hydroxyl groups is 1. The molecule has 0 heterocycles. The lowest BCUT2D eigenvalue weighted by molar-refractivity contribution is -0.0580. The van der Waals surface area contributed by atoms with E-state index in [4.69, 9.17) is 14.6 Å². The molecule has 3 nitrogen and oxygen atoms in total. The minimum atomic E-state index is 0.132. The summed E-state index contributed by atoms with van der Waals surface area (Å²) in [6.45, 7) is 0.538. The zero-order valence-electron chi connectivity index (χ0n) is 6.69. The summed E-state index contributed by atoms with van der Waals surface area (Å²) >= 11 is 0. The molecule has 0 bridgehead atoms. The van der Waals surface area contributed by atoms with Crippen molar-refractivity contribution in [1.29, 1.82) is 0 Å². The zero-order valence-corrected chi connectivity index (χ0v) is 6.69. The van der Waals surface area contributed by atoms with Gasteiger partial charge in [-0.3, -0.25) is 0 Å². The fraction of sp³-hybridized carbons (Fsp3) is 0.750. The quantitative estimate of drug-likeness (QED) is 0.479. The summed E-state index contributed by atoms with van der Waals surface area (Å²) in [5.41, 5.74) is 0. The first-order valence-electron chi connectivity index (χ1n) is 3.76. The minimum absolute atomic E-state index is 0.132. The molecule has 0 radical (unpaired) electrons. The van der Waals surface area contributed by atoms with E-state index in [2.05, 4.69) is 0 Å². The van der Waals surface area contributed by atoms with E-state index in [0.717, 1.165) is 6.42 Å². The van der Waals surface area contributed by atoms with Crippen LogP contribution < -0.4 is 0 Å². The standard InChI is InChI=1S/C8H14O3/c1-10-6-11-8-3-2-7(4-8)5-9/h2-3,7-9H,4-6H2,1H3/t7-,8-/m1/s1. The molecule has 0 aromatic rings. The molecule has 0 spiro atoms. The molecule has 0 saturated heterocycles. The van der Waals surface area contributed by atoms with Crippen LogP contribution in [-0.4, -0.2) is 31.7 Å². The highest BCUT2D eigenvalue weighted by atomic mass is 16.7. The Bertz CT molecular complexity index is 133. The zero-order chi connectivity index (χ0) is 8.10. The average molecular weight is 158 g/mol. The molecule has 0 aromatic carbocycles. The molecule has 0 saturated carbocycles. The van der Waals surface area contributed by atoms with Crippen molar-refractivity contribution >= 4 is 0 Å². The fourth-order valence-electron chi connectivity index (χ4n) is 1.15. The van der Waals surface area contributed by atoms with Crippen LogP contribution in [0.1, 0.15) is 6.42 Å². The largest absolute Gasteiger partial charge is 0.396 e. The predicted molar refractivity (Wildman–Crippen MR) is 41.1 cm³/mol. The van der Waals surface area contributed by atoms with Gasteiger partial charge in [-0.15, -0.1) is 0 Å². The molecule has 0 aliphatic heterocycles. The molecular weight excluding hydrogens is 144 g/mol. The number of hydrogen-bond donors (Lipinski definition) is 1. The Labute approximate surface area is 66.6 Å². The maximum atomic E-state index is 8.77. The van der Waals surface area contributed by atoms with E-state index in [0.29, 0.717) is 6.79 Å². The van der Waals surface area contributed by atoms with Gasteiger partial charge in [0.25, 0.3) is 0 Å². The van der Waals surface area contributed by atoms with Gasteiger partial charge in [0.05, 0.1) is 6.10 Å². The minimum Gasteiger partial charge on any atom is -0.396 e. The van der Waals surface area contributed by atoms with Crippen LogP contribution in [0, 0.1) is 5.92 Å². The lowest BCUT2D eigenvalue weighted by Gasteiger charge is -2.10. The summed E-state index contributed by atoms with van der Waals surface area (Å²) < 4.78 is 10.0. The normalized spacial score (nSPS) is 29.6. The van der Waals surface area contributed by atoms with Crippen molar-refractivity contribution in [3.8, 4) is 0 Å². The van der Waals surface area contributed by atoms with E-state index >= 15 is 0 Å². The number of rotatable bonds is 4. The maximum absolute atomic E-state index is 8.77. The molecule has 1 aliphatic carbocycles. The van der Waals surface area contributed by atoms with Crippen molar-refractivity contribution in [2.24, 2.45) is 5.92 Å². The van der Waals surface area contributed by atoms with Crippen LogP contribution in [0.15, 0.2) is 12.2 Å². The van der Waals surface area contributed by atoms with Gasteiger partial charge in [-0.2, -0.15) is 0 Å². The lowest BCUT2D eigenvalue weighted by Crippen LogP contribution is -2.12. The van der Waals surface area contributed by atoms with Gasteiger partial charge in [-0.1, -0.05) is 12.2 Å². The van der Waals surface area contributed by atoms with Gasteiger partial charge in [0, 0.05) is 19.6 Å². The highest BCUT2D eigenvalue weighted by molar-refractivity contribution is 5.02. The predicted octanol–water partition coefficient (Wildman–Crippen LogP) is 0.544. The van der Waals surface area contributed by atoms with Crippen molar-refractivity contribution in [2.45, 2.75) is 12.5 Å². The van der Waals surface area contributed by atoms with Crippen molar-refractivity contribution < 1.29 is 14.6 Å². The molecule has 1 aliphatic rings. The molecule has 11 heavy (non-hydrogen) atoms. The maximum Gasteiger partial charge on any atom is 0.147 e. The summed E-state index contributed by atoms with van der Waals surface area (Å²) in [6.07, 6.45) is 4.96. The first kappa shape index (κ1) is 8.71. The van der Waals surface area contributed by atoms with Crippen LogP contribution in [-0.2, 0) is 9.47 Å². The van der Waals surface area contributed by atoms with E-state index < -0.39 is 0 Å².